The third-order valence-corrected chi connectivity index (χ3v) is 7.81. The van der Waals surface area contributed by atoms with Crippen LogP contribution in [0.5, 0.6) is 0 Å². The quantitative estimate of drug-likeness (QED) is 0.708. The lowest BCUT2D eigenvalue weighted by molar-refractivity contribution is 0.363. The van der Waals surface area contributed by atoms with Gasteiger partial charge in [0.15, 0.2) is 0 Å². The Bertz CT molecular complexity index is 922. The Hall–Kier alpha value is -1.78. The topological polar surface area (TPSA) is 37.4 Å². The van der Waals surface area contributed by atoms with Gasteiger partial charge < -0.3 is 0 Å². The molecule has 1 aliphatic heterocycles. The van der Waals surface area contributed by atoms with Crippen LogP contribution in [0.25, 0.3) is 6.08 Å². The van der Waals surface area contributed by atoms with E-state index in [0.717, 1.165) is 36.1 Å². The summed E-state index contributed by atoms with van der Waals surface area (Å²) >= 11 is 6.59. The molecule has 3 nitrogen and oxygen atoms in total. The second-order valence-electron chi connectivity index (χ2n) is 7.18. The molecule has 1 aliphatic carbocycles. The molecule has 4 rings (SSSR count). The van der Waals surface area contributed by atoms with Crippen LogP contribution in [0, 0.1) is 12.8 Å². The van der Waals surface area contributed by atoms with Crippen molar-refractivity contribution in [3.05, 3.63) is 71.4 Å². The van der Waals surface area contributed by atoms with E-state index >= 15 is 0 Å². The second kappa shape index (κ2) is 6.75. The third-order valence-electron chi connectivity index (χ3n) is 5.40. The lowest BCUT2D eigenvalue weighted by atomic mass is 9.88. The largest absolute Gasteiger partial charge is 0.267 e. The highest BCUT2D eigenvalue weighted by atomic mass is 35.5. The van der Waals surface area contributed by atoms with Gasteiger partial charge in [0, 0.05) is 23.0 Å². The summed E-state index contributed by atoms with van der Waals surface area (Å²) in [5, 5.41) is -0.0144. The highest BCUT2D eigenvalue weighted by molar-refractivity contribution is 7.89. The first-order valence-corrected chi connectivity index (χ1v) is 10.9. The second-order valence-corrected chi connectivity index (χ2v) is 9.56. The maximum atomic E-state index is 13.4. The van der Waals surface area contributed by atoms with Crippen molar-refractivity contribution in [3.63, 3.8) is 0 Å². The van der Waals surface area contributed by atoms with E-state index in [9.17, 15) is 8.42 Å². The Morgan fingerprint density at radius 3 is 2.42 bits per heavy atom. The van der Waals surface area contributed by atoms with Crippen LogP contribution in [0.3, 0.4) is 0 Å². The number of halogens is 1. The lowest BCUT2D eigenvalue weighted by Gasteiger charge is -2.27. The minimum Gasteiger partial charge on any atom is -0.267 e. The molecule has 5 heteroatoms. The zero-order chi connectivity index (χ0) is 18.3. The number of benzene rings is 2. The summed E-state index contributed by atoms with van der Waals surface area (Å²) in [5.41, 5.74) is 2.88. The van der Waals surface area contributed by atoms with Gasteiger partial charge in [0.25, 0.3) is 10.0 Å². The molecular weight excluding hydrogens is 366 g/mol. The van der Waals surface area contributed by atoms with E-state index in [4.69, 9.17) is 11.6 Å². The fourth-order valence-electron chi connectivity index (χ4n) is 4.05. The molecule has 3 atom stereocenters. The number of hydrogen-bond donors (Lipinski definition) is 0. The van der Waals surface area contributed by atoms with Crippen molar-refractivity contribution in [1.29, 1.82) is 0 Å². The minimum atomic E-state index is -3.60. The van der Waals surface area contributed by atoms with Crippen molar-refractivity contribution in [1.82, 2.24) is 4.31 Å². The van der Waals surface area contributed by atoms with Crippen molar-refractivity contribution in [3.8, 4) is 0 Å². The fraction of sp³-hybridized carbons (Fsp3) is 0.333. The number of rotatable bonds is 3. The van der Waals surface area contributed by atoms with Crippen LogP contribution >= 0.6 is 11.6 Å². The van der Waals surface area contributed by atoms with Crippen LogP contribution in [0.2, 0.25) is 0 Å². The SMILES string of the molecule is Cc1ccc(S(=O)(=O)N2/C(=C/c3ccccc3)C3CC2CC[C@H]3Cl)cc1. The number of sulfonamides is 1. The molecule has 136 valence electrons. The molecule has 2 fully saturated rings. The predicted molar refractivity (Wildman–Crippen MR) is 105 cm³/mol. The highest BCUT2D eigenvalue weighted by Gasteiger charge is 2.48. The summed E-state index contributed by atoms with van der Waals surface area (Å²) in [6.45, 7) is 1.96. The summed E-state index contributed by atoms with van der Waals surface area (Å²) in [5.74, 6) is 0.0795. The highest BCUT2D eigenvalue weighted by Crippen LogP contribution is 2.48. The molecule has 0 amide bonds. The van der Waals surface area contributed by atoms with Crippen LogP contribution in [0.4, 0.5) is 0 Å². The Balaban J connectivity index is 1.82. The van der Waals surface area contributed by atoms with E-state index in [1.807, 2.05) is 55.5 Å². The standard InChI is InChI=1S/C21H22ClNO2S/c1-15-7-10-18(11-8-15)26(24,25)23-17-9-12-20(22)19(14-17)21(23)13-16-5-3-2-4-6-16/h2-8,10-11,13,17,19-20H,9,12,14H2,1H3/b21-13+/t17?,19?,20-/m1/s1. The van der Waals surface area contributed by atoms with Crippen LogP contribution in [-0.4, -0.2) is 24.1 Å². The molecule has 26 heavy (non-hydrogen) atoms. The van der Waals surface area contributed by atoms with Crippen LogP contribution in [0.1, 0.15) is 30.4 Å². The molecule has 2 bridgehead atoms. The van der Waals surface area contributed by atoms with Crippen molar-refractivity contribution in [2.45, 2.75) is 42.5 Å². The lowest BCUT2D eigenvalue weighted by Crippen LogP contribution is -2.34. The van der Waals surface area contributed by atoms with Gasteiger partial charge >= 0.3 is 0 Å². The zero-order valence-corrected chi connectivity index (χ0v) is 16.2. The first-order valence-electron chi connectivity index (χ1n) is 8.98. The molecule has 1 heterocycles. The number of nitrogens with zero attached hydrogens (tertiary/aromatic N) is 1. The van der Waals surface area contributed by atoms with Gasteiger partial charge in [-0.1, -0.05) is 48.0 Å². The molecule has 0 N–H and O–H groups in total. The molecule has 2 aliphatic rings. The summed E-state index contributed by atoms with van der Waals surface area (Å²) in [6, 6.07) is 17.0. The summed E-state index contributed by atoms with van der Waals surface area (Å²) in [7, 11) is -3.60. The molecule has 2 aromatic carbocycles. The summed E-state index contributed by atoms with van der Waals surface area (Å²) in [4.78, 5) is 0.348. The van der Waals surface area contributed by atoms with Gasteiger partial charge in [0.2, 0.25) is 0 Å². The van der Waals surface area contributed by atoms with Crippen LogP contribution in [0.15, 0.2) is 65.2 Å². The average molecular weight is 388 g/mol. The Morgan fingerprint density at radius 1 is 1.04 bits per heavy atom. The van der Waals surface area contributed by atoms with Gasteiger partial charge in [-0.05, 0) is 50.0 Å². The van der Waals surface area contributed by atoms with Gasteiger partial charge in [-0.2, -0.15) is 0 Å². The van der Waals surface area contributed by atoms with Gasteiger partial charge in [-0.25, -0.2) is 8.42 Å². The minimum absolute atomic E-state index is 0.00346. The van der Waals surface area contributed by atoms with Crippen LogP contribution in [-0.2, 0) is 10.0 Å². The fourth-order valence-corrected chi connectivity index (χ4v) is 6.17. The van der Waals surface area contributed by atoms with Crippen molar-refractivity contribution in [2.24, 2.45) is 5.92 Å². The molecule has 1 saturated carbocycles. The average Bonchev–Trinajstić information content (AvgIpc) is 2.94. The van der Waals surface area contributed by atoms with Gasteiger partial charge in [0.1, 0.15) is 0 Å². The molecule has 0 aromatic heterocycles. The Kier molecular flexibility index (Phi) is 4.57. The van der Waals surface area contributed by atoms with Crippen molar-refractivity contribution < 1.29 is 8.42 Å². The molecule has 0 spiro atoms. The smallest absolute Gasteiger partial charge is 0.264 e. The first-order chi connectivity index (χ1) is 12.5. The van der Waals surface area contributed by atoms with E-state index in [0.29, 0.717) is 4.90 Å². The van der Waals surface area contributed by atoms with E-state index in [1.54, 1.807) is 16.4 Å². The molecule has 0 radical (unpaired) electrons. The Labute approximate surface area is 160 Å². The van der Waals surface area contributed by atoms with E-state index < -0.39 is 10.0 Å². The predicted octanol–water partition coefficient (Wildman–Crippen LogP) is 4.82. The van der Waals surface area contributed by atoms with E-state index in [1.165, 1.54) is 0 Å². The zero-order valence-electron chi connectivity index (χ0n) is 14.7. The molecule has 1 saturated heterocycles. The van der Waals surface area contributed by atoms with Crippen molar-refractivity contribution >= 4 is 27.7 Å². The van der Waals surface area contributed by atoms with Crippen molar-refractivity contribution in [2.75, 3.05) is 0 Å². The van der Waals surface area contributed by atoms with E-state index in [2.05, 4.69) is 0 Å². The van der Waals surface area contributed by atoms with Gasteiger partial charge in [-0.15, -0.1) is 11.6 Å². The molecule has 2 unspecified atom stereocenters. The molecule has 2 aromatic rings. The number of hydrogen-bond acceptors (Lipinski definition) is 2. The van der Waals surface area contributed by atoms with E-state index in [-0.39, 0.29) is 17.3 Å². The number of allylic oxidation sites excluding steroid dienone is 1. The number of aryl methyl sites for hydroxylation is 1. The van der Waals surface area contributed by atoms with Gasteiger partial charge in [0.05, 0.1) is 4.90 Å². The first kappa shape index (κ1) is 17.6. The number of fused-ring (bicyclic) bond motifs is 2. The van der Waals surface area contributed by atoms with Crippen LogP contribution < -0.4 is 0 Å². The molecular formula is C21H22ClNO2S. The Morgan fingerprint density at radius 2 is 1.73 bits per heavy atom. The normalized spacial score (nSPS) is 27.1. The monoisotopic (exact) mass is 387 g/mol. The summed E-state index contributed by atoms with van der Waals surface area (Å²) < 4.78 is 28.5. The summed E-state index contributed by atoms with van der Waals surface area (Å²) in [6.07, 6.45) is 4.46. The third kappa shape index (κ3) is 3.06. The van der Waals surface area contributed by atoms with Gasteiger partial charge in [-0.3, -0.25) is 4.31 Å². The number of alkyl halides is 1. The maximum absolute atomic E-state index is 13.4. The maximum Gasteiger partial charge on any atom is 0.264 e.